The fourth-order valence-electron chi connectivity index (χ4n) is 2.50. The molecular formula is C17H23F3N6O2S2. The van der Waals surface area contributed by atoms with E-state index < -0.39 is 22.6 Å². The summed E-state index contributed by atoms with van der Waals surface area (Å²) in [6.45, 7) is 3.74. The highest BCUT2D eigenvalue weighted by Gasteiger charge is 2.18. The van der Waals surface area contributed by atoms with Crippen LogP contribution in [-0.2, 0) is 20.6 Å². The standard InChI is InChI=1S/C17H23F3N6O2S2/c1-4-7-15-21-17(29-24-15)23-22-13-9-8-12(26(5-2)6-3)10-14(13)25-30(27,11-18)28-16(19)20/h8-10,16H,4-7,11H2,1-3H3. The van der Waals surface area contributed by atoms with E-state index in [1.807, 2.05) is 25.7 Å². The Labute approximate surface area is 177 Å². The molecule has 1 heterocycles. The van der Waals surface area contributed by atoms with Crippen molar-refractivity contribution in [3.05, 3.63) is 24.0 Å². The normalized spacial score (nSPS) is 13.7. The van der Waals surface area contributed by atoms with Crippen molar-refractivity contribution < 1.29 is 21.6 Å². The lowest BCUT2D eigenvalue weighted by molar-refractivity contribution is -0.0421. The van der Waals surface area contributed by atoms with Crippen LogP contribution in [0.1, 0.15) is 33.0 Å². The van der Waals surface area contributed by atoms with Crippen molar-refractivity contribution in [2.75, 3.05) is 24.0 Å². The first-order valence-electron chi connectivity index (χ1n) is 9.24. The van der Waals surface area contributed by atoms with E-state index in [2.05, 4.69) is 28.1 Å². The van der Waals surface area contributed by atoms with Gasteiger partial charge in [-0.2, -0.15) is 17.5 Å². The lowest BCUT2D eigenvalue weighted by Crippen LogP contribution is -2.21. The monoisotopic (exact) mass is 464 g/mol. The fraction of sp³-hybridized carbons (Fsp3) is 0.529. The number of hydrogen-bond acceptors (Lipinski definition) is 9. The summed E-state index contributed by atoms with van der Waals surface area (Å²) in [5.74, 6) is 0.643. The summed E-state index contributed by atoms with van der Waals surface area (Å²) in [5, 5.41) is 8.32. The molecule has 0 N–H and O–H groups in total. The van der Waals surface area contributed by atoms with Crippen molar-refractivity contribution in [3.8, 4) is 0 Å². The van der Waals surface area contributed by atoms with Crippen LogP contribution in [0.4, 0.5) is 35.4 Å². The van der Waals surface area contributed by atoms with E-state index in [1.54, 1.807) is 6.07 Å². The number of rotatable bonds is 11. The minimum Gasteiger partial charge on any atom is -0.372 e. The van der Waals surface area contributed by atoms with Crippen LogP contribution in [0.25, 0.3) is 0 Å². The maximum Gasteiger partial charge on any atom is 0.357 e. The quantitative estimate of drug-likeness (QED) is 0.384. The summed E-state index contributed by atoms with van der Waals surface area (Å²) in [6.07, 6.45) is 1.58. The van der Waals surface area contributed by atoms with Crippen LogP contribution in [0.2, 0.25) is 0 Å². The van der Waals surface area contributed by atoms with Gasteiger partial charge >= 0.3 is 6.61 Å². The SMILES string of the molecule is CCCc1nsc(N=Nc2ccc(N(CC)CC)cc2N=S(=O)(CF)OC(F)F)n1. The Hall–Kier alpha value is -2.12. The zero-order chi connectivity index (χ0) is 22.1. The average Bonchev–Trinajstić information content (AvgIpc) is 3.15. The molecule has 1 atom stereocenters. The fourth-order valence-corrected chi connectivity index (χ4v) is 3.86. The first-order chi connectivity index (χ1) is 14.3. The molecular weight excluding hydrogens is 441 g/mol. The van der Waals surface area contributed by atoms with E-state index in [1.165, 1.54) is 12.1 Å². The second kappa shape index (κ2) is 11.3. The lowest BCUT2D eigenvalue weighted by Gasteiger charge is -2.21. The van der Waals surface area contributed by atoms with Gasteiger partial charge in [-0.1, -0.05) is 6.92 Å². The maximum atomic E-state index is 13.2. The molecule has 0 bridgehead atoms. The van der Waals surface area contributed by atoms with Crippen molar-refractivity contribution in [3.63, 3.8) is 0 Å². The third-order valence-corrected chi connectivity index (χ3v) is 5.70. The zero-order valence-electron chi connectivity index (χ0n) is 16.8. The molecule has 8 nitrogen and oxygen atoms in total. The Morgan fingerprint density at radius 3 is 2.53 bits per heavy atom. The minimum absolute atomic E-state index is 0.0789. The third-order valence-electron chi connectivity index (χ3n) is 3.86. The lowest BCUT2D eigenvalue weighted by atomic mass is 10.2. The highest BCUT2D eigenvalue weighted by atomic mass is 32.2. The number of azo groups is 1. The predicted octanol–water partition coefficient (Wildman–Crippen LogP) is 5.93. The minimum atomic E-state index is -4.28. The van der Waals surface area contributed by atoms with Gasteiger partial charge in [-0.3, -0.25) is 0 Å². The molecule has 0 saturated heterocycles. The van der Waals surface area contributed by atoms with E-state index in [0.717, 1.165) is 18.0 Å². The molecule has 1 unspecified atom stereocenters. The molecule has 0 amide bonds. The molecule has 0 aliphatic heterocycles. The molecule has 0 aliphatic rings. The van der Waals surface area contributed by atoms with Gasteiger partial charge < -0.3 is 4.90 Å². The van der Waals surface area contributed by atoms with Crippen LogP contribution in [0.3, 0.4) is 0 Å². The van der Waals surface area contributed by atoms with Gasteiger partial charge in [0.25, 0.3) is 0 Å². The second-order valence-corrected chi connectivity index (χ2v) is 8.42. The number of alkyl halides is 3. The van der Waals surface area contributed by atoms with Gasteiger partial charge in [0, 0.05) is 36.7 Å². The number of anilines is 1. The summed E-state index contributed by atoms with van der Waals surface area (Å²) in [7, 11) is -4.28. The number of benzene rings is 1. The molecule has 30 heavy (non-hydrogen) atoms. The Morgan fingerprint density at radius 1 is 1.20 bits per heavy atom. The maximum absolute atomic E-state index is 13.2. The second-order valence-electron chi connectivity index (χ2n) is 5.93. The Morgan fingerprint density at radius 2 is 1.93 bits per heavy atom. The molecule has 2 rings (SSSR count). The van der Waals surface area contributed by atoms with Gasteiger partial charge in [0.1, 0.15) is 17.2 Å². The molecule has 0 aliphatic carbocycles. The van der Waals surface area contributed by atoms with Gasteiger partial charge in [-0.25, -0.2) is 17.8 Å². The van der Waals surface area contributed by atoms with E-state index in [0.29, 0.717) is 36.2 Å². The van der Waals surface area contributed by atoms with Gasteiger partial charge in [-0.05, 0) is 38.5 Å². The molecule has 0 spiro atoms. The summed E-state index contributed by atoms with van der Waals surface area (Å²) < 4.78 is 62.4. The zero-order valence-corrected chi connectivity index (χ0v) is 18.4. The van der Waals surface area contributed by atoms with Gasteiger partial charge in [0.15, 0.2) is 6.01 Å². The van der Waals surface area contributed by atoms with Crippen molar-refractivity contribution >= 4 is 43.7 Å². The van der Waals surface area contributed by atoms with E-state index in [9.17, 15) is 17.4 Å². The van der Waals surface area contributed by atoms with Crippen LogP contribution in [0.15, 0.2) is 32.8 Å². The number of aryl methyl sites for hydroxylation is 1. The Balaban J connectivity index is 2.50. The number of aromatic nitrogens is 2. The molecule has 0 fully saturated rings. The van der Waals surface area contributed by atoms with E-state index in [-0.39, 0.29) is 11.4 Å². The highest BCUT2D eigenvalue weighted by Crippen LogP contribution is 2.35. The molecule has 1 aromatic carbocycles. The van der Waals surface area contributed by atoms with Crippen LogP contribution >= 0.6 is 11.5 Å². The van der Waals surface area contributed by atoms with Crippen LogP contribution < -0.4 is 4.90 Å². The predicted molar refractivity (Wildman–Crippen MR) is 111 cm³/mol. The van der Waals surface area contributed by atoms with Crippen LogP contribution in [0, 0.1) is 0 Å². The number of nitrogens with zero attached hydrogens (tertiary/aromatic N) is 6. The molecule has 1 aromatic heterocycles. The van der Waals surface area contributed by atoms with E-state index in [4.69, 9.17) is 0 Å². The summed E-state index contributed by atoms with van der Waals surface area (Å²) in [4.78, 5) is 6.17. The van der Waals surface area contributed by atoms with Gasteiger partial charge in [0.2, 0.25) is 15.1 Å². The molecule has 13 heteroatoms. The molecule has 2 aromatic rings. The topological polar surface area (TPSA) is 92.4 Å². The number of hydrogen-bond donors (Lipinski definition) is 0. The Kier molecular flexibility index (Phi) is 9.11. The van der Waals surface area contributed by atoms with Gasteiger partial charge in [-0.15, -0.1) is 10.2 Å². The van der Waals surface area contributed by atoms with Crippen LogP contribution in [-0.4, -0.2) is 39.3 Å². The molecule has 166 valence electrons. The van der Waals surface area contributed by atoms with Crippen molar-refractivity contribution in [1.82, 2.24) is 9.36 Å². The van der Waals surface area contributed by atoms with Crippen LogP contribution in [0.5, 0.6) is 0 Å². The average molecular weight is 465 g/mol. The Bertz CT molecular complexity index is 972. The first-order valence-corrected chi connectivity index (χ1v) is 11.6. The largest absolute Gasteiger partial charge is 0.372 e. The van der Waals surface area contributed by atoms with Gasteiger partial charge in [0.05, 0.1) is 0 Å². The number of halogens is 3. The van der Waals surface area contributed by atoms with Crippen molar-refractivity contribution in [2.45, 2.75) is 40.2 Å². The highest BCUT2D eigenvalue weighted by molar-refractivity contribution is 7.89. The van der Waals surface area contributed by atoms with E-state index >= 15 is 0 Å². The first kappa shape index (κ1) is 24.2. The molecule has 0 radical (unpaired) electrons. The molecule has 0 saturated carbocycles. The van der Waals surface area contributed by atoms with Crippen molar-refractivity contribution in [1.29, 1.82) is 0 Å². The summed E-state index contributed by atoms with van der Waals surface area (Å²) in [5.41, 5.74) is 0.707. The third kappa shape index (κ3) is 6.71. The summed E-state index contributed by atoms with van der Waals surface area (Å²) >= 11 is 1.06. The smallest absolute Gasteiger partial charge is 0.357 e. The van der Waals surface area contributed by atoms with Crippen molar-refractivity contribution in [2.24, 2.45) is 14.6 Å². The summed E-state index contributed by atoms with van der Waals surface area (Å²) in [6, 6.07) is 3.05.